The molecule has 2 rings (SSSR count). The molecular weight excluding hydrogens is 306 g/mol. The van der Waals surface area contributed by atoms with Crippen LogP contribution in [0.25, 0.3) is 0 Å². The minimum atomic E-state index is -3.59. The van der Waals surface area contributed by atoms with Crippen molar-refractivity contribution in [3.05, 3.63) is 41.0 Å². The molecule has 2 aromatic rings. The van der Waals surface area contributed by atoms with Crippen molar-refractivity contribution >= 4 is 27.0 Å². The van der Waals surface area contributed by atoms with Crippen LogP contribution in [0.4, 0.5) is 5.69 Å². The van der Waals surface area contributed by atoms with Crippen LogP contribution in [-0.4, -0.2) is 19.9 Å². The molecule has 0 bridgehead atoms. The highest BCUT2D eigenvalue weighted by molar-refractivity contribution is 7.94. The van der Waals surface area contributed by atoms with Gasteiger partial charge in [0.05, 0.1) is 16.9 Å². The molecule has 0 aliphatic heterocycles. The number of hydrogen-bond donors (Lipinski definition) is 2. The first kappa shape index (κ1) is 15.9. The molecule has 0 spiro atoms. The summed E-state index contributed by atoms with van der Waals surface area (Å²) < 4.78 is 27.7. The van der Waals surface area contributed by atoms with Crippen molar-refractivity contribution in [2.75, 3.05) is 11.3 Å². The number of aromatic nitrogens is 1. The Morgan fingerprint density at radius 2 is 2.05 bits per heavy atom. The zero-order valence-electron chi connectivity index (χ0n) is 12.3. The molecule has 0 aliphatic carbocycles. The van der Waals surface area contributed by atoms with Gasteiger partial charge < -0.3 is 5.32 Å². The second kappa shape index (κ2) is 6.55. The lowest BCUT2D eigenvalue weighted by molar-refractivity contribution is 0.596. The molecule has 0 aliphatic rings. The van der Waals surface area contributed by atoms with Gasteiger partial charge in [-0.1, -0.05) is 25.1 Å². The van der Waals surface area contributed by atoms with Crippen molar-refractivity contribution in [1.29, 1.82) is 0 Å². The summed E-state index contributed by atoms with van der Waals surface area (Å²) in [6, 6.07) is 7.48. The molecule has 1 heterocycles. The lowest BCUT2D eigenvalue weighted by Gasteiger charge is -2.17. The van der Waals surface area contributed by atoms with E-state index >= 15 is 0 Å². The number of aryl methyl sites for hydroxylation is 1. The van der Waals surface area contributed by atoms with Crippen LogP contribution in [0.3, 0.4) is 0 Å². The standard InChI is InChI=1S/C14H19N3O2S2/c1-4-15-10(2)12-7-5-6-8-13(12)17-21(18,19)14-9-16-11(3)20-14/h5-10,15,17H,4H2,1-3H3. The summed E-state index contributed by atoms with van der Waals surface area (Å²) in [7, 11) is -3.59. The molecule has 2 N–H and O–H groups in total. The van der Waals surface area contributed by atoms with Gasteiger partial charge in [-0.25, -0.2) is 13.4 Å². The van der Waals surface area contributed by atoms with Gasteiger partial charge in [-0.05, 0) is 32.0 Å². The average molecular weight is 325 g/mol. The Hall–Kier alpha value is -1.44. The first-order valence-electron chi connectivity index (χ1n) is 6.71. The number of sulfonamides is 1. The van der Waals surface area contributed by atoms with E-state index in [1.165, 1.54) is 6.20 Å². The van der Waals surface area contributed by atoms with Gasteiger partial charge >= 0.3 is 0 Å². The first-order valence-corrected chi connectivity index (χ1v) is 9.01. The molecule has 1 aromatic carbocycles. The lowest BCUT2D eigenvalue weighted by atomic mass is 10.1. The lowest BCUT2D eigenvalue weighted by Crippen LogP contribution is -2.20. The van der Waals surface area contributed by atoms with Gasteiger partial charge in [0, 0.05) is 6.04 Å². The summed E-state index contributed by atoms with van der Waals surface area (Å²) in [5.74, 6) is 0. The maximum atomic E-state index is 12.4. The Kier molecular flexibility index (Phi) is 4.97. The van der Waals surface area contributed by atoms with Gasteiger partial charge in [-0.15, -0.1) is 11.3 Å². The number of hydrogen-bond acceptors (Lipinski definition) is 5. The van der Waals surface area contributed by atoms with E-state index in [1.807, 2.05) is 32.0 Å². The normalized spacial score (nSPS) is 13.1. The van der Waals surface area contributed by atoms with Crippen LogP contribution in [0.2, 0.25) is 0 Å². The van der Waals surface area contributed by atoms with Gasteiger partial charge in [0.15, 0.2) is 4.21 Å². The molecule has 1 unspecified atom stereocenters. The fourth-order valence-corrected chi connectivity index (χ4v) is 4.24. The molecule has 1 aromatic heterocycles. The van der Waals surface area contributed by atoms with Crippen molar-refractivity contribution in [2.45, 2.75) is 31.0 Å². The Balaban J connectivity index is 2.31. The van der Waals surface area contributed by atoms with Gasteiger partial charge in [-0.2, -0.15) is 0 Å². The molecule has 0 radical (unpaired) electrons. The number of thiazole rings is 1. The third-order valence-corrected chi connectivity index (χ3v) is 5.79. The molecule has 21 heavy (non-hydrogen) atoms. The minimum Gasteiger partial charge on any atom is -0.310 e. The SMILES string of the molecule is CCNC(C)c1ccccc1NS(=O)(=O)c1cnc(C)s1. The predicted molar refractivity (Wildman–Crippen MR) is 86.2 cm³/mol. The zero-order chi connectivity index (χ0) is 15.5. The number of nitrogens with one attached hydrogen (secondary N) is 2. The van der Waals surface area contributed by atoms with Gasteiger partial charge in [-0.3, -0.25) is 4.72 Å². The summed E-state index contributed by atoms with van der Waals surface area (Å²) in [6.45, 7) is 6.62. The van der Waals surface area contributed by atoms with E-state index < -0.39 is 10.0 Å². The van der Waals surface area contributed by atoms with Crippen LogP contribution >= 0.6 is 11.3 Å². The van der Waals surface area contributed by atoms with Crippen molar-refractivity contribution in [3.63, 3.8) is 0 Å². The predicted octanol–water partition coefficient (Wildman–Crippen LogP) is 2.92. The Morgan fingerprint density at radius 3 is 2.67 bits per heavy atom. The third-order valence-electron chi connectivity index (χ3n) is 3.05. The van der Waals surface area contributed by atoms with Crippen molar-refractivity contribution in [2.24, 2.45) is 0 Å². The molecule has 0 saturated heterocycles. The van der Waals surface area contributed by atoms with Crippen molar-refractivity contribution in [3.8, 4) is 0 Å². The van der Waals surface area contributed by atoms with E-state index in [0.29, 0.717) is 5.69 Å². The third kappa shape index (κ3) is 3.81. The molecule has 0 amide bonds. The van der Waals surface area contributed by atoms with E-state index in [2.05, 4.69) is 15.0 Å². The molecular formula is C14H19N3O2S2. The van der Waals surface area contributed by atoms with Crippen LogP contribution < -0.4 is 10.0 Å². The largest absolute Gasteiger partial charge is 0.310 e. The highest BCUT2D eigenvalue weighted by Crippen LogP contribution is 2.26. The fourth-order valence-electron chi connectivity index (χ4n) is 2.04. The zero-order valence-corrected chi connectivity index (χ0v) is 13.9. The Bertz CT molecular complexity index is 711. The monoisotopic (exact) mass is 325 g/mol. The van der Waals surface area contributed by atoms with Crippen molar-refractivity contribution < 1.29 is 8.42 Å². The Labute approximate surface area is 129 Å². The molecule has 1 atom stereocenters. The summed E-state index contributed by atoms with van der Waals surface area (Å²) >= 11 is 1.16. The summed E-state index contributed by atoms with van der Waals surface area (Å²) in [4.78, 5) is 4.00. The van der Waals surface area contributed by atoms with Gasteiger partial charge in [0.25, 0.3) is 10.0 Å². The van der Waals surface area contributed by atoms with Crippen molar-refractivity contribution in [1.82, 2.24) is 10.3 Å². The molecule has 5 nitrogen and oxygen atoms in total. The number of nitrogens with zero attached hydrogens (tertiary/aromatic N) is 1. The molecule has 0 saturated carbocycles. The quantitative estimate of drug-likeness (QED) is 0.856. The second-order valence-corrected chi connectivity index (χ2v) is 7.81. The molecule has 114 valence electrons. The second-order valence-electron chi connectivity index (χ2n) is 4.67. The van der Waals surface area contributed by atoms with E-state index in [4.69, 9.17) is 0 Å². The van der Waals surface area contributed by atoms with Crippen LogP contribution in [0.1, 0.15) is 30.5 Å². The number of para-hydroxylation sites is 1. The maximum absolute atomic E-state index is 12.4. The fraction of sp³-hybridized carbons (Fsp3) is 0.357. The number of anilines is 1. The minimum absolute atomic E-state index is 0.0668. The van der Waals surface area contributed by atoms with Gasteiger partial charge in [0.1, 0.15) is 0 Å². The number of rotatable bonds is 6. The highest BCUT2D eigenvalue weighted by atomic mass is 32.2. The van der Waals surface area contributed by atoms with E-state index in [9.17, 15) is 8.42 Å². The maximum Gasteiger partial charge on any atom is 0.273 e. The first-order chi connectivity index (χ1) is 9.94. The van der Waals surface area contributed by atoms with Crippen LogP contribution in [0.15, 0.2) is 34.7 Å². The summed E-state index contributed by atoms with van der Waals surface area (Å²) in [6.07, 6.45) is 1.39. The van der Waals surface area contributed by atoms with Crippen LogP contribution in [0, 0.1) is 6.92 Å². The van der Waals surface area contributed by atoms with E-state index in [-0.39, 0.29) is 10.3 Å². The Morgan fingerprint density at radius 1 is 1.33 bits per heavy atom. The summed E-state index contributed by atoms with van der Waals surface area (Å²) in [5, 5.41) is 4.01. The smallest absolute Gasteiger partial charge is 0.273 e. The summed E-state index contributed by atoms with van der Waals surface area (Å²) in [5.41, 5.74) is 1.51. The van der Waals surface area contributed by atoms with E-state index in [0.717, 1.165) is 28.5 Å². The average Bonchev–Trinajstić information content (AvgIpc) is 2.87. The number of benzene rings is 1. The molecule has 7 heteroatoms. The van der Waals surface area contributed by atoms with Crippen LogP contribution in [0.5, 0.6) is 0 Å². The molecule has 0 fully saturated rings. The highest BCUT2D eigenvalue weighted by Gasteiger charge is 2.19. The van der Waals surface area contributed by atoms with Crippen LogP contribution in [-0.2, 0) is 10.0 Å². The topological polar surface area (TPSA) is 71.1 Å². The van der Waals surface area contributed by atoms with E-state index in [1.54, 1.807) is 13.0 Å². The van der Waals surface area contributed by atoms with Gasteiger partial charge in [0.2, 0.25) is 0 Å².